The van der Waals surface area contributed by atoms with Crippen LogP contribution in [0.25, 0.3) is 5.65 Å². The highest BCUT2D eigenvalue weighted by Crippen LogP contribution is 2.12. The first-order valence-corrected chi connectivity index (χ1v) is 3.11. The van der Waals surface area contributed by atoms with Gasteiger partial charge in [0.2, 0.25) is 5.88 Å². The minimum Gasteiger partial charge on any atom is -0.492 e. The summed E-state index contributed by atoms with van der Waals surface area (Å²) in [5, 5.41) is 13.1. The minimum atomic E-state index is 0.0619. The fourth-order valence-electron chi connectivity index (χ4n) is 1.01. The number of aromatic hydroxyl groups is 1. The Hall–Kier alpha value is -1.65. The summed E-state index contributed by atoms with van der Waals surface area (Å²) < 4.78 is 2.81. The van der Waals surface area contributed by atoms with E-state index in [1.165, 1.54) is 22.6 Å². The van der Waals surface area contributed by atoms with Gasteiger partial charge in [-0.2, -0.15) is 14.3 Å². The van der Waals surface area contributed by atoms with Crippen LogP contribution < -0.4 is 4.84 Å². The third kappa shape index (κ3) is 0.674. The Morgan fingerprint density at radius 2 is 2.45 bits per heavy atom. The topological polar surface area (TPSA) is 51.7 Å². The molecule has 2 rings (SSSR count). The molecule has 0 radical (unpaired) electrons. The van der Waals surface area contributed by atoms with Gasteiger partial charge in [-0.05, 0) is 0 Å². The van der Waals surface area contributed by atoms with E-state index in [2.05, 4.69) is 5.10 Å². The fourth-order valence-corrected chi connectivity index (χ4v) is 1.01. The first-order chi connectivity index (χ1) is 5.33. The van der Waals surface area contributed by atoms with Crippen LogP contribution in [0.15, 0.2) is 18.5 Å². The van der Waals surface area contributed by atoms with E-state index in [0.29, 0.717) is 5.65 Å². The van der Waals surface area contributed by atoms with E-state index in [0.717, 1.165) is 0 Å². The van der Waals surface area contributed by atoms with Crippen molar-refractivity contribution in [2.75, 3.05) is 7.11 Å². The van der Waals surface area contributed by atoms with Crippen molar-refractivity contribution in [1.82, 2.24) is 14.3 Å². The van der Waals surface area contributed by atoms with E-state index in [4.69, 9.17) is 4.84 Å². The number of hydrogen-bond acceptors (Lipinski definition) is 3. The highest BCUT2D eigenvalue weighted by molar-refractivity contribution is 5.41. The molecule has 0 amide bonds. The average Bonchev–Trinajstić information content (AvgIpc) is 2.54. The van der Waals surface area contributed by atoms with Crippen molar-refractivity contribution in [3.8, 4) is 5.88 Å². The molecular formula is C6H7N3O2. The van der Waals surface area contributed by atoms with Crippen LogP contribution in [0.1, 0.15) is 0 Å². The molecular weight excluding hydrogens is 146 g/mol. The standard InChI is InChI=1S/C6H7N3O2/c1-11-8-4-6(10)9-5(8)2-3-7-9/h2-4,10H,1H3. The van der Waals surface area contributed by atoms with Crippen molar-refractivity contribution in [1.29, 1.82) is 0 Å². The molecule has 0 aliphatic heterocycles. The van der Waals surface area contributed by atoms with Crippen LogP contribution in [0.5, 0.6) is 5.88 Å². The van der Waals surface area contributed by atoms with Gasteiger partial charge in [-0.15, -0.1) is 0 Å². The van der Waals surface area contributed by atoms with E-state index in [1.807, 2.05) is 0 Å². The smallest absolute Gasteiger partial charge is 0.234 e. The third-order valence-corrected chi connectivity index (χ3v) is 1.49. The van der Waals surface area contributed by atoms with Gasteiger partial charge in [0.1, 0.15) is 13.3 Å². The molecule has 0 spiro atoms. The van der Waals surface area contributed by atoms with Crippen LogP contribution in [0.4, 0.5) is 0 Å². The van der Waals surface area contributed by atoms with Crippen LogP contribution in [0.3, 0.4) is 0 Å². The Labute approximate surface area is 62.4 Å². The van der Waals surface area contributed by atoms with Gasteiger partial charge in [-0.1, -0.05) is 0 Å². The zero-order chi connectivity index (χ0) is 7.84. The van der Waals surface area contributed by atoms with Gasteiger partial charge in [-0.3, -0.25) is 0 Å². The van der Waals surface area contributed by atoms with Crippen LogP contribution in [0.2, 0.25) is 0 Å². The molecule has 0 saturated heterocycles. The first-order valence-electron chi connectivity index (χ1n) is 3.11. The Bertz CT molecular complexity index is 376. The summed E-state index contributed by atoms with van der Waals surface area (Å²) in [5.41, 5.74) is 0.699. The van der Waals surface area contributed by atoms with E-state index in [9.17, 15) is 5.11 Å². The summed E-state index contributed by atoms with van der Waals surface area (Å²) in [5.74, 6) is 0.0619. The molecule has 0 atom stereocenters. The fraction of sp³-hybridized carbons (Fsp3) is 0.167. The lowest BCUT2D eigenvalue weighted by Gasteiger charge is -1.95. The van der Waals surface area contributed by atoms with Crippen molar-refractivity contribution in [2.24, 2.45) is 0 Å². The number of nitrogens with zero attached hydrogens (tertiary/aromatic N) is 3. The van der Waals surface area contributed by atoms with Crippen LogP contribution in [-0.2, 0) is 0 Å². The second-order valence-electron chi connectivity index (χ2n) is 2.10. The van der Waals surface area contributed by atoms with Crippen LogP contribution >= 0.6 is 0 Å². The number of aromatic nitrogens is 3. The van der Waals surface area contributed by atoms with Crippen molar-refractivity contribution in [3.63, 3.8) is 0 Å². The van der Waals surface area contributed by atoms with E-state index >= 15 is 0 Å². The summed E-state index contributed by atoms with van der Waals surface area (Å²) in [4.78, 5) is 4.90. The molecule has 0 bridgehead atoms. The predicted molar refractivity (Wildman–Crippen MR) is 37.4 cm³/mol. The van der Waals surface area contributed by atoms with Crippen molar-refractivity contribution in [2.45, 2.75) is 0 Å². The molecule has 0 unspecified atom stereocenters. The normalized spacial score (nSPS) is 10.6. The number of fused-ring (bicyclic) bond motifs is 1. The Morgan fingerprint density at radius 1 is 1.64 bits per heavy atom. The first kappa shape index (κ1) is 6.09. The summed E-state index contributed by atoms with van der Waals surface area (Å²) in [6.07, 6.45) is 3.03. The lowest BCUT2D eigenvalue weighted by Crippen LogP contribution is -2.02. The Morgan fingerprint density at radius 3 is 3.18 bits per heavy atom. The minimum absolute atomic E-state index is 0.0619. The Balaban J connectivity index is 2.80. The van der Waals surface area contributed by atoms with Gasteiger partial charge in [0.15, 0.2) is 5.65 Å². The van der Waals surface area contributed by atoms with Gasteiger partial charge in [0, 0.05) is 6.07 Å². The molecule has 5 heteroatoms. The molecule has 0 aliphatic carbocycles. The summed E-state index contributed by atoms with van der Waals surface area (Å²) >= 11 is 0. The van der Waals surface area contributed by atoms with Gasteiger partial charge < -0.3 is 9.94 Å². The molecule has 0 fully saturated rings. The van der Waals surface area contributed by atoms with Gasteiger partial charge in [-0.25, -0.2) is 0 Å². The SMILES string of the molecule is COn1cc(O)n2nccc12. The predicted octanol–water partition coefficient (Wildman–Crippen LogP) is -0.100. The van der Waals surface area contributed by atoms with Crippen LogP contribution in [-0.4, -0.2) is 26.6 Å². The van der Waals surface area contributed by atoms with Crippen molar-refractivity contribution in [3.05, 3.63) is 18.5 Å². The van der Waals surface area contributed by atoms with E-state index in [-0.39, 0.29) is 5.88 Å². The molecule has 0 saturated carbocycles. The lowest BCUT2D eigenvalue weighted by atomic mass is 10.7. The lowest BCUT2D eigenvalue weighted by molar-refractivity contribution is 0.177. The molecule has 0 aliphatic rings. The zero-order valence-electron chi connectivity index (χ0n) is 5.93. The highest BCUT2D eigenvalue weighted by atomic mass is 16.6. The summed E-state index contributed by atoms with van der Waals surface area (Å²) in [6.45, 7) is 0. The molecule has 11 heavy (non-hydrogen) atoms. The van der Waals surface area contributed by atoms with Crippen molar-refractivity contribution < 1.29 is 9.94 Å². The maximum absolute atomic E-state index is 9.21. The maximum Gasteiger partial charge on any atom is 0.234 e. The highest BCUT2D eigenvalue weighted by Gasteiger charge is 2.06. The largest absolute Gasteiger partial charge is 0.492 e. The molecule has 2 heterocycles. The second kappa shape index (κ2) is 1.91. The third-order valence-electron chi connectivity index (χ3n) is 1.49. The molecule has 1 N–H and O–H groups in total. The quantitative estimate of drug-likeness (QED) is 0.622. The molecule has 2 aromatic heterocycles. The van der Waals surface area contributed by atoms with E-state index < -0.39 is 0 Å². The number of rotatable bonds is 1. The van der Waals surface area contributed by atoms with Gasteiger partial charge in [0.25, 0.3) is 0 Å². The van der Waals surface area contributed by atoms with Gasteiger partial charge >= 0.3 is 0 Å². The summed E-state index contributed by atoms with van der Waals surface area (Å²) in [7, 11) is 1.52. The summed E-state index contributed by atoms with van der Waals surface area (Å²) in [6, 6.07) is 1.74. The average molecular weight is 153 g/mol. The van der Waals surface area contributed by atoms with Crippen LogP contribution in [0, 0.1) is 0 Å². The molecule has 58 valence electrons. The molecule has 2 aromatic rings. The number of imidazole rings is 1. The maximum atomic E-state index is 9.21. The molecule has 0 aromatic carbocycles. The number of hydrogen-bond donors (Lipinski definition) is 1. The second-order valence-corrected chi connectivity index (χ2v) is 2.10. The zero-order valence-corrected chi connectivity index (χ0v) is 5.93. The monoisotopic (exact) mass is 153 g/mol. The molecule has 5 nitrogen and oxygen atoms in total. The van der Waals surface area contributed by atoms with E-state index in [1.54, 1.807) is 12.3 Å². The Kier molecular flexibility index (Phi) is 1.06. The van der Waals surface area contributed by atoms with Crippen molar-refractivity contribution >= 4 is 5.65 Å². The van der Waals surface area contributed by atoms with Gasteiger partial charge in [0.05, 0.1) is 6.20 Å².